The van der Waals surface area contributed by atoms with Gasteiger partial charge in [-0.25, -0.2) is 17.4 Å². The number of nitrogens with zero attached hydrogens (tertiary/aromatic N) is 2. The fraction of sp³-hybridized carbons (Fsp3) is 0.400. The van der Waals surface area contributed by atoms with Crippen LogP contribution in [0.2, 0.25) is 0 Å². The zero-order valence-corrected chi connectivity index (χ0v) is 13.4. The Morgan fingerprint density at radius 2 is 1.75 bits per heavy atom. The molecule has 0 bridgehead atoms. The molecule has 1 aromatic carbocycles. The lowest BCUT2D eigenvalue weighted by atomic mass is 10.1. The summed E-state index contributed by atoms with van der Waals surface area (Å²) in [7, 11) is -3.58. The van der Waals surface area contributed by atoms with Crippen LogP contribution >= 0.6 is 0 Å². The molecule has 0 aliphatic heterocycles. The monoisotopic (exact) mass is 292 g/mol. The van der Waals surface area contributed by atoms with E-state index in [1.807, 2.05) is 33.8 Å². The van der Waals surface area contributed by atoms with Crippen LogP contribution in [0.4, 0.5) is 0 Å². The second-order valence-corrected chi connectivity index (χ2v) is 6.87. The Morgan fingerprint density at radius 1 is 1.10 bits per heavy atom. The molecule has 4 nitrogen and oxygen atoms in total. The topological polar surface area (TPSA) is 52.0 Å². The first-order valence-corrected chi connectivity index (χ1v) is 8.10. The summed E-state index contributed by atoms with van der Waals surface area (Å²) in [5.41, 5.74) is 3.63. The highest BCUT2D eigenvalue weighted by molar-refractivity contribution is 7.90. The van der Waals surface area contributed by atoms with E-state index in [1.54, 1.807) is 19.2 Å². The van der Waals surface area contributed by atoms with Crippen LogP contribution in [0.25, 0.3) is 0 Å². The van der Waals surface area contributed by atoms with Gasteiger partial charge in [-0.15, -0.1) is 0 Å². The van der Waals surface area contributed by atoms with Gasteiger partial charge in [0.05, 0.1) is 10.6 Å². The molecule has 0 N–H and O–H groups in total. The molecule has 0 aliphatic rings. The summed E-state index contributed by atoms with van der Waals surface area (Å²) in [5.74, 6) is 0.570. The van der Waals surface area contributed by atoms with Crippen LogP contribution in [0.3, 0.4) is 0 Å². The van der Waals surface area contributed by atoms with Crippen molar-refractivity contribution in [1.82, 2.24) is 8.96 Å². The van der Waals surface area contributed by atoms with Gasteiger partial charge in [0.1, 0.15) is 5.82 Å². The van der Waals surface area contributed by atoms with Crippen molar-refractivity contribution < 1.29 is 8.42 Å². The zero-order chi connectivity index (χ0) is 15.1. The molecule has 0 amide bonds. The third-order valence-electron chi connectivity index (χ3n) is 3.73. The van der Waals surface area contributed by atoms with Gasteiger partial charge in [0.15, 0.2) is 0 Å². The minimum Gasteiger partial charge on any atom is -0.238 e. The van der Waals surface area contributed by atoms with Gasteiger partial charge in [0, 0.05) is 12.6 Å². The van der Waals surface area contributed by atoms with E-state index < -0.39 is 10.0 Å². The summed E-state index contributed by atoms with van der Waals surface area (Å²) in [5, 5.41) is 0. The summed E-state index contributed by atoms with van der Waals surface area (Å²) >= 11 is 0. The molecule has 0 radical (unpaired) electrons. The number of aryl methyl sites for hydroxylation is 3. The minimum atomic E-state index is -3.58. The number of benzene rings is 1. The van der Waals surface area contributed by atoms with E-state index in [2.05, 4.69) is 4.98 Å². The summed E-state index contributed by atoms with van der Waals surface area (Å²) in [4.78, 5) is 4.63. The predicted molar refractivity (Wildman–Crippen MR) is 79.6 cm³/mol. The Bertz CT molecular complexity index is 758. The van der Waals surface area contributed by atoms with Crippen molar-refractivity contribution >= 4 is 10.0 Å². The van der Waals surface area contributed by atoms with Crippen molar-refractivity contribution in [3.05, 3.63) is 46.5 Å². The lowest BCUT2D eigenvalue weighted by Gasteiger charge is -2.13. The third kappa shape index (κ3) is 2.26. The molecule has 0 unspecified atom stereocenters. The Hall–Kier alpha value is -1.62. The van der Waals surface area contributed by atoms with E-state index in [9.17, 15) is 8.42 Å². The smallest absolute Gasteiger partial charge is 0.238 e. The largest absolute Gasteiger partial charge is 0.269 e. The van der Waals surface area contributed by atoms with Crippen molar-refractivity contribution in [2.75, 3.05) is 0 Å². The Morgan fingerprint density at radius 3 is 2.35 bits per heavy atom. The molecule has 2 rings (SSSR count). The predicted octanol–water partition coefficient (Wildman–Crippen LogP) is 2.92. The lowest BCUT2D eigenvalue weighted by molar-refractivity contribution is 0.584. The van der Waals surface area contributed by atoms with Gasteiger partial charge in [-0.2, -0.15) is 0 Å². The normalized spacial score (nSPS) is 11.8. The van der Waals surface area contributed by atoms with Crippen molar-refractivity contribution in [2.45, 2.75) is 45.9 Å². The summed E-state index contributed by atoms with van der Waals surface area (Å²) < 4.78 is 27.0. The van der Waals surface area contributed by atoms with E-state index in [0.717, 1.165) is 16.7 Å². The fourth-order valence-corrected chi connectivity index (χ4v) is 4.02. The first-order valence-electron chi connectivity index (χ1n) is 6.66. The maximum Gasteiger partial charge on any atom is 0.269 e. The molecule has 1 aromatic heterocycles. The summed E-state index contributed by atoms with van der Waals surface area (Å²) in [6, 6.07) is 3.53. The second kappa shape index (κ2) is 5.05. The number of imidazole rings is 1. The average molecular weight is 292 g/mol. The molecular formula is C15H20N2O2S. The van der Waals surface area contributed by atoms with Gasteiger partial charge in [0.25, 0.3) is 10.0 Å². The summed E-state index contributed by atoms with van der Waals surface area (Å²) in [6.07, 6.45) is 2.17. The molecule has 0 saturated carbocycles. The highest BCUT2D eigenvalue weighted by Gasteiger charge is 2.23. The molecule has 5 heteroatoms. The van der Waals surface area contributed by atoms with E-state index in [4.69, 9.17) is 0 Å². The van der Waals surface area contributed by atoms with E-state index >= 15 is 0 Å². The molecule has 20 heavy (non-hydrogen) atoms. The molecule has 0 spiro atoms. The highest BCUT2D eigenvalue weighted by Crippen LogP contribution is 2.24. The number of hydrogen-bond donors (Lipinski definition) is 0. The zero-order valence-electron chi connectivity index (χ0n) is 12.6. The van der Waals surface area contributed by atoms with Crippen LogP contribution in [-0.2, 0) is 16.4 Å². The highest BCUT2D eigenvalue weighted by atomic mass is 32.2. The second-order valence-electron chi connectivity index (χ2n) is 5.08. The number of rotatable bonds is 3. The Balaban J connectivity index is 2.70. The Labute approximate surface area is 120 Å². The lowest BCUT2D eigenvalue weighted by Crippen LogP contribution is -2.16. The molecule has 0 aliphatic carbocycles. The Kier molecular flexibility index (Phi) is 3.73. The van der Waals surface area contributed by atoms with Gasteiger partial charge in [0.2, 0.25) is 0 Å². The van der Waals surface area contributed by atoms with Gasteiger partial charge < -0.3 is 0 Å². The van der Waals surface area contributed by atoms with Crippen molar-refractivity contribution in [2.24, 2.45) is 0 Å². The number of hydrogen-bond acceptors (Lipinski definition) is 3. The maximum absolute atomic E-state index is 12.8. The molecule has 0 saturated heterocycles. The molecule has 0 atom stereocenters. The van der Waals surface area contributed by atoms with Gasteiger partial charge in [-0.05, 0) is 50.5 Å². The molecule has 2 aromatic rings. The molecular weight excluding hydrogens is 272 g/mol. The van der Waals surface area contributed by atoms with Crippen molar-refractivity contribution in [3.8, 4) is 0 Å². The van der Waals surface area contributed by atoms with Crippen molar-refractivity contribution in [1.29, 1.82) is 0 Å². The first-order chi connectivity index (χ1) is 9.28. The van der Waals surface area contributed by atoms with Crippen molar-refractivity contribution in [3.63, 3.8) is 0 Å². The average Bonchev–Trinajstić information content (AvgIpc) is 2.78. The molecule has 108 valence electrons. The standard InChI is InChI=1S/C15H20N2O2S/c1-6-15-16-11(3)9-17(15)20(18,19)14-8-7-10(2)12(4)13(14)5/h7-9H,6H2,1-5H3. The van der Waals surface area contributed by atoms with Gasteiger partial charge >= 0.3 is 0 Å². The summed E-state index contributed by atoms with van der Waals surface area (Å²) in [6.45, 7) is 9.49. The fourth-order valence-electron chi connectivity index (χ4n) is 2.29. The van der Waals surface area contributed by atoms with Crippen LogP contribution in [0.5, 0.6) is 0 Å². The van der Waals surface area contributed by atoms with Gasteiger partial charge in [-0.1, -0.05) is 13.0 Å². The molecule has 0 fully saturated rings. The van der Waals surface area contributed by atoms with Gasteiger partial charge in [-0.3, -0.25) is 0 Å². The van der Waals surface area contributed by atoms with Crippen LogP contribution in [0.15, 0.2) is 23.2 Å². The van der Waals surface area contributed by atoms with Crippen LogP contribution in [0.1, 0.15) is 35.1 Å². The van der Waals surface area contributed by atoms with E-state index in [-0.39, 0.29) is 0 Å². The maximum atomic E-state index is 12.8. The minimum absolute atomic E-state index is 0.354. The van der Waals surface area contributed by atoms with Crippen LogP contribution in [0, 0.1) is 27.7 Å². The first kappa shape index (κ1) is 14.8. The van der Waals surface area contributed by atoms with E-state index in [1.165, 1.54) is 3.97 Å². The third-order valence-corrected chi connectivity index (χ3v) is 5.56. The number of aromatic nitrogens is 2. The van der Waals surface area contributed by atoms with Crippen LogP contribution in [-0.4, -0.2) is 17.4 Å². The SMILES string of the molecule is CCc1nc(C)cn1S(=O)(=O)c1ccc(C)c(C)c1C. The van der Waals surface area contributed by atoms with E-state index in [0.29, 0.717) is 22.8 Å². The quantitative estimate of drug-likeness (QED) is 0.874. The van der Waals surface area contributed by atoms with Crippen LogP contribution < -0.4 is 0 Å². The molecule has 1 heterocycles.